The molecule has 0 heterocycles. The fourth-order valence-corrected chi connectivity index (χ4v) is 2.92. The number of amides is 2. The second-order valence-corrected chi connectivity index (χ2v) is 6.50. The van der Waals surface area contributed by atoms with Crippen LogP contribution in [0.25, 0.3) is 0 Å². The SMILES string of the molecule is O=C(CC(NC(=O)c1ccccc1)c1ccccc1)Nc1cccc(Cl)c1. The first-order chi connectivity index (χ1) is 13.1. The second-order valence-electron chi connectivity index (χ2n) is 6.07. The molecule has 0 aromatic heterocycles. The number of carbonyl (C=O) groups excluding carboxylic acids is 2. The Hall–Kier alpha value is -3.11. The molecule has 1 atom stereocenters. The molecular weight excluding hydrogens is 360 g/mol. The quantitative estimate of drug-likeness (QED) is 0.644. The third-order valence-corrected chi connectivity index (χ3v) is 4.28. The lowest BCUT2D eigenvalue weighted by Crippen LogP contribution is -2.31. The van der Waals surface area contributed by atoms with Crippen molar-refractivity contribution in [1.29, 1.82) is 0 Å². The summed E-state index contributed by atoms with van der Waals surface area (Å²) >= 11 is 5.96. The average Bonchev–Trinajstić information content (AvgIpc) is 2.69. The monoisotopic (exact) mass is 378 g/mol. The number of hydrogen-bond donors (Lipinski definition) is 2. The van der Waals surface area contributed by atoms with Crippen molar-refractivity contribution in [1.82, 2.24) is 5.32 Å². The molecule has 0 saturated carbocycles. The van der Waals surface area contributed by atoms with E-state index in [1.165, 1.54) is 0 Å². The number of halogens is 1. The fourth-order valence-electron chi connectivity index (χ4n) is 2.73. The lowest BCUT2D eigenvalue weighted by atomic mass is 10.0. The summed E-state index contributed by atoms with van der Waals surface area (Å²) < 4.78 is 0. The zero-order valence-electron chi connectivity index (χ0n) is 14.6. The Bertz CT molecular complexity index is 914. The standard InChI is InChI=1S/C22H19ClN2O2/c23-18-12-7-13-19(14-18)24-21(26)15-20(16-8-3-1-4-9-16)25-22(27)17-10-5-2-6-11-17/h1-14,20H,15H2,(H,24,26)(H,25,27). The van der Waals surface area contributed by atoms with Gasteiger partial charge in [0.1, 0.15) is 0 Å². The first-order valence-electron chi connectivity index (χ1n) is 8.58. The van der Waals surface area contributed by atoms with E-state index in [2.05, 4.69) is 10.6 Å². The summed E-state index contributed by atoms with van der Waals surface area (Å²) in [4.78, 5) is 25.1. The van der Waals surface area contributed by atoms with E-state index in [0.29, 0.717) is 16.3 Å². The number of nitrogens with one attached hydrogen (secondary N) is 2. The maximum atomic E-state index is 12.6. The minimum atomic E-state index is -0.446. The fraction of sp³-hybridized carbons (Fsp3) is 0.0909. The minimum absolute atomic E-state index is 0.106. The van der Waals surface area contributed by atoms with Crippen LogP contribution < -0.4 is 10.6 Å². The Morgan fingerprint density at radius 3 is 2.19 bits per heavy atom. The van der Waals surface area contributed by atoms with Crippen LogP contribution in [-0.4, -0.2) is 11.8 Å². The maximum absolute atomic E-state index is 12.6. The third-order valence-electron chi connectivity index (χ3n) is 4.04. The predicted octanol–water partition coefficient (Wildman–Crippen LogP) is 4.84. The van der Waals surface area contributed by atoms with Gasteiger partial charge in [-0.15, -0.1) is 0 Å². The van der Waals surface area contributed by atoms with Crippen molar-refractivity contribution in [2.24, 2.45) is 0 Å². The van der Waals surface area contributed by atoms with E-state index in [0.717, 1.165) is 5.56 Å². The highest BCUT2D eigenvalue weighted by molar-refractivity contribution is 6.30. The molecule has 0 aliphatic heterocycles. The number of anilines is 1. The largest absolute Gasteiger partial charge is 0.345 e. The van der Waals surface area contributed by atoms with Crippen LogP contribution in [0.1, 0.15) is 28.4 Å². The zero-order valence-corrected chi connectivity index (χ0v) is 15.3. The molecule has 1 unspecified atom stereocenters. The summed E-state index contributed by atoms with van der Waals surface area (Å²) in [6, 6.07) is 24.9. The van der Waals surface area contributed by atoms with Crippen LogP contribution in [0.3, 0.4) is 0 Å². The van der Waals surface area contributed by atoms with Crippen molar-refractivity contribution < 1.29 is 9.59 Å². The number of carbonyl (C=O) groups is 2. The van der Waals surface area contributed by atoms with Gasteiger partial charge in [0.25, 0.3) is 5.91 Å². The van der Waals surface area contributed by atoms with Gasteiger partial charge in [-0.2, -0.15) is 0 Å². The smallest absolute Gasteiger partial charge is 0.251 e. The molecule has 5 heteroatoms. The van der Waals surface area contributed by atoms with Crippen LogP contribution >= 0.6 is 11.6 Å². The summed E-state index contributed by atoms with van der Waals surface area (Å²) in [5, 5.41) is 6.32. The second kappa shape index (κ2) is 9.01. The first-order valence-corrected chi connectivity index (χ1v) is 8.96. The molecule has 4 nitrogen and oxygen atoms in total. The highest BCUT2D eigenvalue weighted by atomic mass is 35.5. The van der Waals surface area contributed by atoms with Crippen LogP contribution in [0.4, 0.5) is 5.69 Å². The molecule has 0 radical (unpaired) electrons. The number of hydrogen-bond acceptors (Lipinski definition) is 2. The van der Waals surface area contributed by atoms with E-state index in [1.54, 1.807) is 48.5 Å². The van der Waals surface area contributed by atoms with E-state index in [1.807, 2.05) is 36.4 Å². The Labute approximate surface area is 163 Å². The van der Waals surface area contributed by atoms with E-state index in [9.17, 15) is 9.59 Å². The Kier molecular flexibility index (Phi) is 6.23. The van der Waals surface area contributed by atoms with Gasteiger partial charge in [0.2, 0.25) is 5.91 Å². The Morgan fingerprint density at radius 1 is 0.852 bits per heavy atom. The van der Waals surface area contributed by atoms with Gasteiger partial charge < -0.3 is 10.6 Å². The molecule has 0 aliphatic carbocycles. The molecule has 136 valence electrons. The minimum Gasteiger partial charge on any atom is -0.345 e. The topological polar surface area (TPSA) is 58.2 Å². The normalized spacial score (nSPS) is 11.4. The molecule has 0 fully saturated rings. The van der Waals surface area contributed by atoms with Gasteiger partial charge in [-0.3, -0.25) is 9.59 Å². The Morgan fingerprint density at radius 2 is 1.52 bits per heavy atom. The summed E-state index contributed by atoms with van der Waals surface area (Å²) in [6.45, 7) is 0. The molecule has 27 heavy (non-hydrogen) atoms. The highest BCUT2D eigenvalue weighted by Crippen LogP contribution is 2.20. The van der Waals surface area contributed by atoms with E-state index < -0.39 is 6.04 Å². The van der Waals surface area contributed by atoms with Crippen molar-refractivity contribution in [2.45, 2.75) is 12.5 Å². The summed E-state index contributed by atoms with van der Waals surface area (Å²) in [5.41, 5.74) is 2.03. The van der Waals surface area contributed by atoms with Crippen LogP contribution in [0.5, 0.6) is 0 Å². The third kappa shape index (κ3) is 5.43. The van der Waals surface area contributed by atoms with Gasteiger partial charge in [-0.05, 0) is 35.9 Å². The van der Waals surface area contributed by atoms with Crippen LogP contribution in [0.2, 0.25) is 5.02 Å². The van der Waals surface area contributed by atoms with Gasteiger partial charge in [0.15, 0.2) is 0 Å². The van der Waals surface area contributed by atoms with Gasteiger partial charge in [0.05, 0.1) is 12.5 Å². The summed E-state index contributed by atoms with van der Waals surface area (Å²) in [6.07, 6.45) is 0.106. The van der Waals surface area contributed by atoms with E-state index >= 15 is 0 Å². The molecule has 3 aromatic rings. The van der Waals surface area contributed by atoms with E-state index in [4.69, 9.17) is 11.6 Å². The predicted molar refractivity (Wildman–Crippen MR) is 108 cm³/mol. The van der Waals surface area contributed by atoms with Gasteiger partial charge in [-0.1, -0.05) is 66.2 Å². The molecule has 3 aromatic carbocycles. The lowest BCUT2D eigenvalue weighted by Gasteiger charge is -2.19. The molecule has 3 rings (SSSR count). The van der Waals surface area contributed by atoms with Gasteiger partial charge in [0, 0.05) is 16.3 Å². The molecular formula is C22H19ClN2O2. The van der Waals surface area contributed by atoms with Crippen molar-refractivity contribution in [3.63, 3.8) is 0 Å². The molecule has 0 bridgehead atoms. The molecule has 0 saturated heterocycles. The Balaban J connectivity index is 1.74. The average molecular weight is 379 g/mol. The maximum Gasteiger partial charge on any atom is 0.251 e. The van der Waals surface area contributed by atoms with E-state index in [-0.39, 0.29) is 18.2 Å². The van der Waals surface area contributed by atoms with Crippen LogP contribution in [0, 0.1) is 0 Å². The lowest BCUT2D eigenvalue weighted by molar-refractivity contribution is -0.116. The first kappa shape index (κ1) is 18.7. The molecule has 2 amide bonds. The number of benzene rings is 3. The molecule has 0 aliphatic rings. The van der Waals surface area contributed by atoms with Crippen molar-refractivity contribution in [2.75, 3.05) is 5.32 Å². The number of rotatable bonds is 6. The van der Waals surface area contributed by atoms with Gasteiger partial charge in [-0.25, -0.2) is 0 Å². The van der Waals surface area contributed by atoms with Crippen molar-refractivity contribution >= 4 is 29.1 Å². The molecule has 2 N–H and O–H groups in total. The molecule has 0 spiro atoms. The van der Waals surface area contributed by atoms with Crippen molar-refractivity contribution in [3.05, 3.63) is 101 Å². The summed E-state index contributed by atoms with van der Waals surface area (Å²) in [5.74, 6) is -0.431. The zero-order chi connectivity index (χ0) is 19.1. The van der Waals surface area contributed by atoms with Gasteiger partial charge >= 0.3 is 0 Å². The van der Waals surface area contributed by atoms with Crippen molar-refractivity contribution in [3.8, 4) is 0 Å². The summed E-state index contributed by atoms with van der Waals surface area (Å²) in [7, 11) is 0. The highest BCUT2D eigenvalue weighted by Gasteiger charge is 2.19. The van der Waals surface area contributed by atoms with Crippen LogP contribution in [-0.2, 0) is 4.79 Å². The van der Waals surface area contributed by atoms with Crippen LogP contribution in [0.15, 0.2) is 84.9 Å².